The highest BCUT2D eigenvalue weighted by atomic mass is 19.1. The molecule has 4 heterocycles. The van der Waals surface area contributed by atoms with E-state index < -0.39 is 22.7 Å². The molecule has 0 saturated heterocycles. The molecule has 9 nitrogen and oxygen atoms in total. The number of ketones is 1. The number of halogens is 1. The number of rotatable bonds is 5. The minimum Gasteiger partial charge on any atom is -0.505 e. The highest BCUT2D eigenvalue weighted by molar-refractivity contribution is 6.03. The second-order valence-corrected chi connectivity index (χ2v) is 8.46. The maximum atomic E-state index is 13.4. The summed E-state index contributed by atoms with van der Waals surface area (Å²) in [4.78, 5) is 30.4. The number of carbonyl (C=O) groups is 1. The number of ether oxygens (including phenoxy) is 1. The molecule has 0 spiro atoms. The largest absolute Gasteiger partial charge is 0.505 e. The molecule has 0 saturated carbocycles. The Balaban J connectivity index is 1.78. The predicted octanol–water partition coefficient (Wildman–Crippen LogP) is 3.42. The number of aromatic nitrogens is 4. The molecule has 1 aliphatic heterocycles. The van der Waals surface area contributed by atoms with Gasteiger partial charge in [-0.05, 0) is 24.6 Å². The van der Waals surface area contributed by atoms with Crippen LogP contribution in [0.15, 0.2) is 39.7 Å². The first-order valence-electron chi connectivity index (χ1n) is 10.8. The van der Waals surface area contributed by atoms with Crippen molar-refractivity contribution in [2.24, 2.45) is 0 Å². The van der Waals surface area contributed by atoms with E-state index in [9.17, 15) is 19.1 Å². The summed E-state index contributed by atoms with van der Waals surface area (Å²) in [7, 11) is 0. The van der Waals surface area contributed by atoms with Gasteiger partial charge in [-0.2, -0.15) is 0 Å². The lowest BCUT2D eigenvalue weighted by atomic mass is 9.98. The van der Waals surface area contributed by atoms with Crippen molar-refractivity contribution < 1.29 is 23.4 Å². The van der Waals surface area contributed by atoms with Gasteiger partial charge in [-0.1, -0.05) is 19.1 Å². The lowest BCUT2D eigenvalue weighted by molar-refractivity contribution is 0.0282. The van der Waals surface area contributed by atoms with E-state index in [-0.39, 0.29) is 41.3 Å². The Hall–Kier alpha value is -4.08. The number of nitrogens with zero attached hydrogens (tertiary/aromatic N) is 4. The predicted molar refractivity (Wildman–Crippen MR) is 119 cm³/mol. The van der Waals surface area contributed by atoms with Crippen LogP contribution in [-0.4, -0.2) is 30.6 Å². The Kier molecular flexibility index (Phi) is 4.96. The van der Waals surface area contributed by atoms with Gasteiger partial charge in [0, 0.05) is 31.5 Å². The molecule has 1 atom stereocenters. The molecule has 1 aliphatic rings. The molecular weight excluding hydrogens is 443 g/mol. The molecule has 4 aromatic rings. The average Bonchev–Trinajstić information content (AvgIpc) is 3.26. The zero-order valence-electron chi connectivity index (χ0n) is 18.8. The van der Waals surface area contributed by atoms with Gasteiger partial charge in [-0.15, -0.1) is 10.2 Å². The van der Waals surface area contributed by atoms with Crippen molar-refractivity contribution >= 4 is 16.8 Å². The van der Waals surface area contributed by atoms with E-state index in [1.807, 2.05) is 0 Å². The lowest BCUT2D eigenvalue weighted by Gasteiger charge is -2.35. The van der Waals surface area contributed by atoms with Gasteiger partial charge in [-0.3, -0.25) is 19.1 Å². The Morgan fingerprint density at radius 3 is 2.65 bits per heavy atom. The summed E-state index contributed by atoms with van der Waals surface area (Å²) < 4.78 is 26.8. The first-order valence-corrected chi connectivity index (χ1v) is 10.8. The van der Waals surface area contributed by atoms with Gasteiger partial charge >= 0.3 is 0 Å². The summed E-state index contributed by atoms with van der Waals surface area (Å²) in [6, 6.07) is 5.99. The highest BCUT2D eigenvalue weighted by Crippen LogP contribution is 2.43. The Bertz CT molecular complexity index is 1510. The quantitative estimate of drug-likeness (QED) is 0.446. The molecule has 34 heavy (non-hydrogen) atoms. The summed E-state index contributed by atoms with van der Waals surface area (Å²) in [5.41, 5.74) is -0.452. The summed E-state index contributed by atoms with van der Waals surface area (Å²) in [5.74, 6) is -0.535. The normalized spacial score (nSPS) is 17.1. The van der Waals surface area contributed by atoms with Crippen molar-refractivity contribution in [2.75, 3.05) is 0 Å². The van der Waals surface area contributed by atoms with Gasteiger partial charge in [0.2, 0.25) is 11.5 Å². The van der Waals surface area contributed by atoms with Gasteiger partial charge in [0.05, 0.1) is 6.54 Å². The van der Waals surface area contributed by atoms with E-state index >= 15 is 0 Å². The molecule has 174 valence electrons. The fraction of sp³-hybridized carbons (Fsp3) is 0.292. The number of benzene rings is 1. The van der Waals surface area contributed by atoms with Crippen molar-refractivity contribution in [3.63, 3.8) is 0 Å². The second-order valence-electron chi connectivity index (χ2n) is 8.46. The maximum absolute atomic E-state index is 13.4. The van der Waals surface area contributed by atoms with E-state index in [0.29, 0.717) is 23.6 Å². The molecule has 10 heteroatoms. The second kappa shape index (κ2) is 7.75. The summed E-state index contributed by atoms with van der Waals surface area (Å²) >= 11 is 0. The molecule has 0 radical (unpaired) electrons. The van der Waals surface area contributed by atoms with Gasteiger partial charge in [-0.25, -0.2) is 4.39 Å². The first-order chi connectivity index (χ1) is 16.2. The fourth-order valence-electron chi connectivity index (χ4n) is 4.22. The van der Waals surface area contributed by atoms with Crippen LogP contribution in [0.2, 0.25) is 0 Å². The Morgan fingerprint density at radius 1 is 1.26 bits per heavy atom. The molecular formula is C24H21FN4O5. The van der Waals surface area contributed by atoms with E-state index in [4.69, 9.17) is 9.15 Å². The number of pyridine rings is 2. The fourth-order valence-corrected chi connectivity index (χ4v) is 4.22. The first kappa shape index (κ1) is 21.7. The van der Waals surface area contributed by atoms with E-state index in [2.05, 4.69) is 15.2 Å². The Morgan fingerprint density at radius 2 is 2.00 bits per heavy atom. The maximum Gasteiger partial charge on any atom is 0.266 e. The van der Waals surface area contributed by atoms with E-state index in [0.717, 1.165) is 5.56 Å². The van der Waals surface area contributed by atoms with Crippen molar-refractivity contribution in [1.29, 1.82) is 0 Å². The third-order valence-corrected chi connectivity index (χ3v) is 5.94. The van der Waals surface area contributed by atoms with Crippen LogP contribution in [0.3, 0.4) is 0 Å². The van der Waals surface area contributed by atoms with Crippen LogP contribution in [0.1, 0.15) is 53.5 Å². The molecule has 0 fully saturated rings. The Labute approximate surface area is 192 Å². The van der Waals surface area contributed by atoms with Crippen molar-refractivity contribution in [1.82, 2.24) is 19.7 Å². The van der Waals surface area contributed by atoms with Crippen LogP contribution in [0.4, 0.5) is 4.39 Å². The topological polar surface area (TPSA) is 120 Å². The third-order valence-electron chi connectivity index (χ3n) is 5.94. The molecule has 5 rings (SSSR count). The third kappa shape index (κ3) is 3.33. The van der Waals surface area contributed by atoms with E-state index in [1.54, 1.807) is 32.9 Å². The molecule has 3 aromatic heterocycles. The molecule has 1 N–H and O–H groups in total. The van der Waals surface area contributed by atoms with Gasteiger partial charge in [0.25, 0.3) is 11.4 Å². The number of hydrogen-bond donors (Lipinski definition) is 1. The van der Waals surface area contributed by atoms with Gasteiger partial charge < -0.3 is 14.3 Å². The van der Waals surface area contributed by atoms with Crippen LogP contribution in [0.25, 0.3) is 11.0 Å². The van der Waals surface area contributed by atoms with Gasteiger partial charge in [0.15, 0.2) is 17.3 Å². The van der Waals surface area contributed by atoms with Crippen LogP contribution in [0, 0.1) is 12.7 Å². The standard InChI is InChI=1S/C24H21FN4O5/c1-4-16(30)17-20(31)18-19-21(14(10-26-18)9-13-5-7-15(25)8-6-13)34-24(3,11-29(19)22(17)32)23-28-27-12(2)33-23/h5-8,10,31H,4,9,11H2,1-3H3. The highest BCUT2D eigenvalue weighted by Gasteiger charge is 2.42. The van der Waals surface area contributed by atoms with Crippen LogP contribution < -0.4 is 10.3 Å². The monoisotopic (exact) mass is 464 g/mol. The van der Waals surface area contributed by atoms with Crippen LogP contribution in [-0.2, 0) is 18.6 Å². The SMILES string of the molecule is CCC(=O)c1c(O)c2ncc(Cc3ccc(F)cc3)c3c2n(c1=O)CC(C)(c1nnc(C)o1)O3. The minimum atomic E-state index is -1.23. The average molecular weight is 464 g/mol. The molecule has 1 aromatic carbocycles. The minimum absolute atomic E-state index is 0.0388. The number of hydrogen-bond acceptors (Lipinski definition) is 8. The molecule has 0 aliphatic carbocycles. The number of aromatic hydroxyl groups is 1. The van der Waals surface area contributed by atoms with E-state index in [1.165, 1.54) is 22.9 Å². The van der Waals surface area contributed by atoms with Gasteiger partial charge in [0.1, 0.15) is 22.4 Å². The zero-order valence-corrected chi connectivity index (χ0v) is 18.8. The number of carbonyl (C=O) groups excluding carboxylic acids is 1. The summed E-state index contributed by atoms with van der Waals surface area (Å²) in [6.07, 6.45) is 1.88. The summed E-state index contributed by atoms with van der Waals surface area (Å²) in [5, 5.41) is 18.8. The van der Waals surface area contributed by atoms with Crippen LogP contribution in [0.5, 0.6) is 11.5 Å². The lowest BCUT2D eigenvalue weighted by Crippen LogP contribution is -2.43. The molecule has 0 bridgehead atoms. The van der Waals surface area contributed by atoms with Crippen molar-refractivity contribution in [3.05, 3.63) is 75.1 Å². The smallest absolute Gasteiger partial charge is 0.266 e. The number of Topliss-reactive ketones (excluding diaryl/α,β-unsaturated/α-hetero) is 1. The molecule has 1 unspecified atom stereocenters. The summed E-state index contributed by atoms with van der Waals surface area (Å²) in [6.45, 7) is 4.92. The zero-order chi connectivity index (χ0) is 24.2. The van der Waals surface area contributed by atoms with Crippen LogP contribution >= 0.6 is 0 Å². The van der Waals surface area contributed by atoms with Crippen molar-refractivity contribution in [3.8, 4) is 11.5 Å². The number of aryl methyl sites for hydroxylation is 1. The van der Waals surface area contributed by atoms with Crippen molar-refractivity contribution in [2.45, 2.75) is 45.8 Å². The molecule has 0 amide bonds.